The highest BCUT2D eigenvalue weighted by Gasteiger charge is 2.15. The molecule has 0 saturated carbocycles. The Bertz CT molecular complexity index is 848. The summed E-state index contributed by atoms with van der Waals surface area (Å²) in [5.41, 5.74) is 3.71. The van der Waals surface area contributed by atoms with Crippen molar-refractivity contribution in [3.05, 3.63) is 89.5 Å². The van der Waals surface area contributed by atoms with Gasteiger partial charge in [-0.25, -0.2) is 4.79 Å². The van der Waals surface area contributed by atoms with Gasteiger partial charge in [0.05, 0.1) is 0 Å². The first-order chi connectivity index (χ1) is 14.1. The number of carbonyl (C=O) groups excluding carboxylic acids is 1. The lowest BCUT2D eigenvalue weighted by Gasteiger charge is -2.19. The molecule has 0 unspecified atom stereocenters. The highest BCUT2D eigenvalue weighted by Crippen LogP contribution is 2.12. The average Bonchev–Trinajstić information content (AvgIpc) is 2.67. The first kappa shape index (κ1) is 25.0. The topological polar surface area (TPSA) is 46.5 Å². The molecule has 0 atom stereocenters. The molecule has 0 amide bonds. The fraction of sp³-hybridized carbons (Fsp3) is 0.296. The van der Waals surface area contributed by atoms with E-state index in [1.165, 1.54) is 17.5 Å². The van der Waals surface area contributed by atoms with E-state index in [1.807, 2.05) is 51.1 Å². The Labute approximate surface area is 181 Å². The van der Waals surface area contributed by atoms with Crippen LogP contribution in [0.1, 0.15) is 57.7 Å². The summed E-state index contributed by atoms with van der Waals surface area (Å²) < 4.78 is 4.96. The molecule has 0 bridgehead atoms. The van der Waals surface area contributed by atoms with E-state index in [0.717, 1.165) is 12.0 Å². The first-order valence-electron chi connectivity index (χ1n) is 10.2. The summed E-state index contributed by atoms with van der Waals surface area (Å²) in [6, 6.07) is 15.8. The molecule has 2 rings (SSSR count). The van der Waals surface area contributed by atoms with Gasteiger partial charge in [-0.05, 0) is 62.9 Å². The number of phenolic OH excluding ortho intramolecular Hbond substituents is 1. The molecule has 0 aromatic heterocycles. The van der Waals surface area contributed by atoms with Crippen molar-refractivity contribution in [2.24, 2.45) is 0 Å². The molecule has 160 valence electrons. The van der Waals surface area contributed by atoms with E-state index in [1.54, 1.807) is 19.1 Å². The van der Waals surface area contributed by atoms with Gasteiger partial charge >= 0.3 is 5.97 Å². The lowest BCUT2D eigenvalue weighted by Crippen LogP contribution is -2.23. The van der Waals surface area contributed by atoms with Crippen molar-refractivity contribution < 1.29 is 14.6 Å². The van der Waals surface area contributed by atoms with Gasteiger partial charge in [0.1, 0.15) is 11.4 Å². The Kier molecular flexibility index (Phi) is 10.4. The lowest BCUT2D eigenvalue weighted by molar-refractivity contribution is -0.149. The molecule has 0 aliphatic carbocycles. The Morgan fingerprint density at radius 1 is 0.967 bits per heavy atom. The second kappa shape index (κ2) is 12.5. The number of allylic oxidation sites excluding steroid dienone is 2. The van der Waals surface area contributed by atoms with E-state index in [-0.39, 0.29) is 5.97 Å². The molecule has 0 radical (unpaired) electrons. The van der Waals surface area contributed by atoms with E-state index in [9.17, 15) is 9.90 Å². The van der Waals surface area contributed by atoms with Crippen LogP contribution in [-0.4, -0.2) is 16.7 Å². The van der Waals surface area contributed by atoms with Crippen LogP contribution in [-0.2, 0) is 16.0 Å². The van der Waals surface area contributed by atoms with Gasteiger partial charge in [0, 0.05) is 5.57 Å². The minimum Gasteiger partial charge on any atom is -0.508 e. The normalized spacial score (nSPS) is 11.2. The zero-order valence-electron chi connectivity index (χ0n) is 18.8. The van der Waals surface area contributed by atoms with Crippen molar-refractivity contribution in [3.63, 3.8) is 0 Å². The molecular formula is C27H34O3. The standard InChI is InChI=1S/C19H20O.C8H14O2/c1-2-5-16-8-10-17(11-9-16)6-3-4-7-18-12-14-19(20)15-13-18;1-6(2)7(9)10-8(3,4)5/h3-4,6-15,20H,2,5H2,1H3;1H2,2-5H3. The molecule has 2 aromatic rings. The predicted molar refractivity (Wildman–Crippen MR) is 127 cm³/mol. The van der Waals surface area contributed by atoms with E-state index in [4.69, 9.17) is 4.74 Å². The third-order valence-electron chi connectivity index (χ3n) is 3.85. The molecule has 0 spiro atoms. The van der Waals surface area contributed by atoms with Gasteiger partial charge < -0.3 is 9.84 Å². The van der Waals surface area contributed by atoms with Crippen LogP contribution >= 0.6 is 0 Å². The van der Waals surface area contributed by atoms with Crippen molar-refractivity contribution in [1.29, 1.82) is 0 Å². The molecule has 3 heteroatoms. The number of benzene rings is 2. The van der Waals surface area contributed by atoms with Crippen LogP contribution in [0, 0.1) is 0 Å². The smallest absolute Gasteiger partial charge is 0.333 e. The minimum absolute atomic E-state index is 0.296. The summed E-state index contributed by atoms with van der Waals surface area (Å²) in [5.74, 6) is -0.0302. The Morgan fingerprint density at radius 3 is 1.80 bits per heavy atom. The van der Waals surface area contributed by atoms with Gasteiger partial charge in [-0.15, -0.1) is 0 Å². The average molecular weight is 407 g/mol. The van der Waals surface area contributed by atoms with Gasteiger partial charge in [0.25, 0.3) is 0 Å². The summed E-state index contributed by atoms with van der Waals surface area (Å²) in [6.45, 7) is 12.8. The van der Waals surface area contributed by atoms with Crippen LogP contribution < -0.4 is 0 Å². The Hall–Kier alpha value is -3.07. The molecule has 0 saturated heterocycles. The summed E-state index contributed by atoms with van der Waals surface area (Å²) in [5, 5.41) is 9.20. The quantitative estimate of drug-likeness (QED) is 0.320. The van der Waals surface area contributed by atoms with Crippen molar-refractivity contribution in [2.45, 2.75) is 53.1 Å². The highest BCUT2D eigenvalue weighted by atomic mass is 16.6. The number of ether oxygens (including phenoxy) is 1. The van der Waals surface area contributed by atoms with Gasteiger partial charge in [-0.1, -0.05) is 80.6 Å². The summed E-state index contributed by atoms with van der Waals surface area (Å²) >= 11 is 0. The van der Waals surface area contributed by atoms with Crippen LogP contribution in [0.2, 0.25) is 0 Å². The van der Waals surface area contributed by atoms with Crippen molar-refractivity contribution in [3.8, 4) is 5.75 Å². The highest BCUT2D eigenvalue weighted by molar-refractivity contribution is 5.87. The number of carbonyl (C=O) groups is 1. The van der Waals surface area contributed by atoms with Crippen molar-refractivity contribution >= 4 is 18.1 Å². The molecule has 2 aromatic carbocycles. The largest absolute Gasteiger partial charge is 0.508 e. The van der Waals surface area contributed by atoms with Gasteiger partial charge in [-0.2, -0.15) is 0 Å². The molecule has 0 heterocycles. The summed E-state index contributed by atoms with van der Waals surface area (Å²) in [6.07, 6.45) is 10.5. The molecule has 1 N–H and O–H groups in total. The molecule has 0 aliphatic rings. The maximum atomic E-state index is 10.8. The molecule has 3 nitrogen and oxygen atoms in total. The second-order valence-electron chi connectivity index (χ2n) is 8.08. The fourth-order valence-corrected chi connectivity index (χ4v) is 2.37. The van der Waals surface area contributed by atoms with E-state index in [0.29, 0.717) is 11.3 Å². The third-order valence-corrected chi connectivity index (χ3v) is 3.85. The number of esters is 1. The number of phenols is 1. The maximum Gasteiger partial charge on any atom is 0.333 e. The minimum atomic E-state index is -0.407. The van der Waals surface area contributed by atoms with Gasteiger partial charge in [-0.3, -0.25) is 0 Å². The van der Waals surface area contributed by atoms with E-state index < -0.39 is 5.60 Å². The molecule has 0 aliphatic heterocycles. The lowest BCUT2D eigenvalue weighted by atomic mass is 10.1. The predicted octanol–water partition coefficient (Wildman–Crippen LogP) is 6.98. The Morgan fingerprint density at radius 2 is 1.43 bits per heavy atom. The summed E-state index contributed by atoms with van der Waals surface area (Å²) in [7, 11) is 0. The zero-order valence-corrected chi connectivity index (χ0v) is 18.8. The number of aryl methyl sites for hydroxylation is 1. The Balaban J connectivity index is 0.000000382. The second-order valence-corrected chi connectivity index (χ2v) is 8.08. The number of aromatic hydroxyl groups is 1. The monoisotopic (exact) mass is 406 g/mol. The van der Waals surface area contributed by atoms with Crippen LogP contribution in [0.25, 0.3) is 12.2 Å². The summed E-state index contributed by atoms with van der Waals surface area (Å²) in [4.78, 5) is 10.8. The molecular weight excluding hydrogens is 372 g/mol. The van der Waals surface area contributed by atoms with E-state index >= 15 is 0 Å². The van der Waals surface area contributed by atoms with E-state index in [2.05, 4.69) is 43.8 Å². The van der Waals surface area contributed by atoms with Gasteiger partial charge in [0.15, 0.2) is 0 Å². The van der Waals surface area contributed by atoms with Crippen molar-refractivity contribution in [2.75, 3.05) is 0 Å². The number of rotatable bonds is 6. The number of hydrogen-bond donors (Lipinski definition) is 1. The molecule has 0 fully saturated rings. The third kappa shape index (κ3) is 11.1. The SMILES string of the molecule is C=C(C)C(=O)OC(C)(C)C.CCCc1ccc(C=CC=Cc2ccc(O)cc2)cc1. The van der Waals surface area contributed by atoms with Crippen LogP contribution in [0.3, 0.4) is 0 Å². The fourth-order valence-electron chi connectivity index (χ4n) is 2.37. The van der Waals surface area contributed by atoms with Crippen LogP contribution in [0.5, 0.6) is 5.75 Å². The van der Waals surface area contributed by atoms with Gasteiger partial charge in [0.2, 0.25) is 0 Å². The van der Waals surface area contributed by atoms with Crippen molar-refractivity contribution in [1.82, 2.24) is 0 Å². The zero-order chi connectivity index (χ0) is 22.6. The van der Waals surface area contributed by atoms with Crippen LogP contribution in [0.4, 0.5) is 0 Å². The molecule has 30 heavy (non-hydrogen) atoms. The first-order valence-corrected chi connectivity index (χ1v) is 10.2. The number of hydrogen-bond acceptors (Lipinski definition) is 3. The van der Waals surface area contributed by atoms with Crippen LogP contribution in [0.15, 0.2) is 72.8 Å². The maximum absolute atomic E-state index is 10.8.